The van der Waals surface area contributed by atoms with E-state index in [4.69, 9.17) is 5.84 Å². The summed E-state index contributed by atoms with van der Waals surface area (Å²) in [5.74, 6) is 9.53. The molecule has 1 aliphatic heterocycles. The summed E-state index contributed by atoms with van der Waals surface area (Å²) in [6.45, 7) is 0. The fraction of sp³-hybridized carbons (Fsp3) is 0.375. The Bertz CT molecular complexity index is 562. The lowest BCUT2D eigenvalue weighted by Crippen LogP contribution is -2.46. The smallest absolute Gasteiger partial charge is 0.0377 e. The van der Waals surface area contributed by atoms with E-state index in [9.17, 15) is 0 Å². The first-order chi connectivity index (χ1) is 9.88. The van der Waals surface area contributed by atoms with E-state index in [1.54, 1.807) is 0 Å². The second-order valence-corrected chi connectivity index (χ2v) is 7.60. The molecule has 0 spiro atoms. The topological polar surface area (TPSA) is 38.0 Å². The maximum Gasteiger partial charge on any atom is 0.0377 e. The van der Waals surface area contributed by atoms with Gasteiger partial charge >= 0.3 is 0 Å². The van der Waals surface area contributed by atoms with Crippen LogP contribution >= 0.6 is 23.5 Å². The minimum atomic E-state index is 0.346. The zero-order chi connectivity index (χ0) is 13.8. The van der Waals surface area contributed by atoms with Crippen molar-refractivity contribution in [2.24, 2.45) is 5.84 Å². The first kappa shape index (κ1) is 14.3. The Morgan fingerprint density at radius 2 is 2.00 bits per heavy atom. The summed E-state index contributed by atoms with van der Waals surface area (Å²) in [5, 5.41) is 3.27. The number of thioether (sulfide) groups is 2. The van der Waals surface area contributed by atoms with Crippen LogP contribution in [0, 0.1) is 0 Å². The number of rotatable bonds is 4. The van der Waals surface area contributed by atoms with Crippen molar-refractivity contribution in [3.63, 3.8) is 0 Å². The average molecular weight is 304 g/mol. The molecule has 1 fully saturated rings. The standard InChI is InChI=1S/C16H20N2S2/c17-18-15(16-11-19-8-9-20-16)10-13-6-3-5-12-4-1-2-7-14(12)13/h1-7,15-16,18H,8-11,17H2. The van der Waals surface area contributed by atoms with Crippen LogP contribution in [0.5, 0.6) is 0 Å². The number of benzene rings is 2. The van der Waals surface area contributed by atoms with Crippen molar-refractivity contribution in [1.82, 2.24) is 5.43 Å². The summed E-state index contributed by atoms with van der Waals surface area (Å²) in [4.78, 5) is 0. The molecular weight excluding hydrogens is 284 g/mol. The highest BCUT2D eigenvalue weighted by molar-refractivity contribution is 8.06. The van der Waals surface area contributed by atoms with Crippen LogP contribution in [0.2, 0.25) is 0 Å². The summed E-state index contributed by atoms with van der Waals surface area (Å²) in [6, 6.07) is 15.5. The molecule has 0 bridgehead atoms. The average Bonchev–Trinajstić information content (AvgIpc) is 2.53. The Morgan fingerprint density at radius 1 is 1.15 bits per heavy atom. The molecule has 106 valence electrons. The Balaban J connectivity index is 1.83. The first-order valence-electron chi connectivity index (χ1n) is 7.00. The highest BCUT2D eigenvalue weighted by Crippen LogP contribution is 2.29. The summed E-state index contributed by atoms with van der Waals surface area (Å²) in [5.41, 5.74) is 4.44. The van der Waals surface area contributed by atoms with Crippen molar-refractivity contribution in [2.75, 3.05) is 17.3 Å². The molecule has 0 amide bonds. The molecule has 1 saturated heterocycles. The molecule has 1 heterocycles. The second kappa shape index (κ2) is 6.85. The zero-order valence-corrected chi connectivity index (χ0v) is 13.1. The molecule has 1 aliphatic rings. The molecule has 0 aromatic heterocycles. The van der Waals surface area contributed by atoms with Gasteiger partial charge in [0, 0.05) is 28.6 Å². The highest BCUT2D eigenvalue weighted by atomic mass is 32.2. The molecule has 3 rings (SSSR count). The molecule has 0 radical (unpaired) electrons. The summed E-state index contributed by atoms with van der Waals surface area (Å²) >= 11 is 4.10. The fourth-order valence-electron chi connectivity index (χ4n) is 2.74. The lowest BCUT2D eigenvalue weighted by molar-refractivity contribution is 0.525. The van der Waals surface area contributed by atoms with E-state index < -0.39 is 0 Å². The third kappa shape index (κ3) is 3.14. The van der Waals surface area contributed by atoms with Crippen molar-refractivity contribution in [2.45, 2.75) is 17.7 Å². The van der Waals surface area contributed by atoms with E-state index in [1.165, 1.54) is 33.6 Å². The van der Waals surface area contributed by atoms with Gasteiger partial charge in [0.15, 0.2) is 0 Å². The zero-order valence-electron chi connectivity index (χ0n) is 11.4. The number of fused-ring (bicyclic) bond motifs is 1. The van der Waals surface area contributed by atoms with Crippen LogP contribution in [-0.2, 0) is 6.42 Å². The van der Waals surface area contributed by atoms with Crippen LogP contribution in [0.1, 0.15) is 5.56 Å². The van der Waals surface area contributed by atoms with Crippen molar-refractivity contribution in [3.8, 4) is 0 Å². The van der Waals surface area contributed by atoms with Gasteiger partial charge < -0.3 is 0 Å². The predicted octanol–water partition coefficient (Wildman–Crippen LogP) is 3.06. The quantitative estimate of drug-likeness (QED) is 0.672. The first-order valence-corrected chi connectivity index (χ1v) is 9.21. The van der Waals surface area contributed by atoms with Gasteiger partial charge in [0.05, 0.1) is 0 Å². The summed E-state index contributed by atoms with van der Waals surface area (Å²) in [6.07, 6.45) is 0.996. The lowest BCUT2D eigenvalue weighted by Gasteiger charge is -2.29. The summed E-state index contributed by atoms with van der Waals surface area (Å²) < 4.78 is 0. The van der Waals surface area contributed by atoms with E-state index >= 15 is 0 Å². The van der Waals surface area contributed by atoms with Crippen molar-refractivity contribution >= 4 is 34.3 Å². The highest BCUT2D eigenvalue weighted by Gasteiger charge is 2.24. The molecule has 20 heavy (non-hydrogen) atoms. The predicted molar refractivity (Wildman–Crippen MR) is 92.3 cm³/mol. The molecule has 2 atom stereocenters. The Morgan fingerprint density at radius 3 is 2.80 bits per heavy atom. The van der Waals surface area contributed by atoms with Gasteiger partial charge in [-0.15, -0.1) is 0 Å². The van der Waals surface area contributed by atoms with Crippen LogP contribution in [0.4, 0.5) is 0 Å². The summed E-state index contributed by atoms with van der Waals surface area (Å²) in [7, 11) is 0. The normalized spacial score (nSPS) is 20.9. The molecule has 3 N–H and O–H groups in total. The van der Waals surface area contributed by atoms with E-state index in [0.29, 0.717) is 11.3 Å². The number of hydrazine groups is 1. The van der Waals surface area contributed by atoms with Gasteiger partial charge in [0.25, 0.3) is 0 Å². The molecular formula is C16H20N2S2. The van der Waals surface area contributed by atoms with E-state index in [1.807, 2.05) is 11.8 Å². The third-order valence-corrected chi connectivity index (χ3v) is 6.74. The molecule has 0 saturated carbocycles. The van der Waals surface area contributed by atoms with Crippen LogP contribution < -0.4 is 11.3 Å². The minimum absolute atomic E-state index is 0.346. The van der Waals surface area contributed by atoms with Gasteiger partial charge in [0.1, 0.15) is 0 Å². The fourth-order valence-corrected chi connectivity index (χ4v) is 5.61. The maximum absolute atomic E-state index is 5.82. The molecule has 2 nitrogen and oxygen atoms in total. The molecule has 2 aromatic carbocycles. The van der Waals surface area contributed by atoms with Gasteiger partial charge in [0.2, 0.25) is 0 Å². The Hall–Kier alpha value is -0.680. The SMILES string of the molecule is NNC(Cc1cccc2ccccc12)C1CSCCS1. The maximum atomic E-state index is 5.82. The third-order valence-electron chi connectivity index (χ3n) is 3.82. The van der Waals surface area contributed by atoms with Gasteiger partial charge in [-0.3, -0.25) is 11.3 Å². The van der Waals surface area contributed by atoms with Gasteiger partial charge in [-0.25, -0.2) is 0 Å². The molecule has 4 heteroatoms. The van der Waals surface area contributed by atoms with E-state index in [-0.39, 0.29) is 0 Å². The lowest BCUT2D eigenvalue weighted by atomic mass is 9.98. The van der Waals surface area contributed by atoms with E-state index in [0.717, 1.165) is 6.42 Å². The number of hydrogen-bond acceptors (Lipinski definition) is 4. The van der Waals surface area contributed by atoms with Crippen LogP contribution in [-0.4, -0.2) is 28.6 Å². The van der Waals surface area contributed by atoms with Gasteiger partial charge in [-0.2, -0.15) is 23.5 Å². The number of nitrogens with one attached hydrogen (secondary N) is 1. The largest absolute Gasteiger partial charge is 0.271 e. The van der Waals surface area contributed by atoms with E-state index in [2.05, 4.69) is 59.7 Å². The van der Waals surface area contributed by atoms with Crippen LogP contribution in [0.25, 0.3) is 10.8 Å². The van der Waals surface area contributed by atoms with Crippen molar-refractivity contribution < 1.29 is 0 Å². The van der Waals surface area contributed by atoms with Crippen LogP contribution in [0.3, 0.4) is 0 Å². The van der Waals surface area contributed by atoms with Crippen molar-refractivity contribution in [1.29, 1.82) is 0 Å². The number of nitrogens with two attached hydrogens (primary N) is 1. The molecule has 0 aliphatic carbocycles. The van der Waals surface area contributed by atoms with Crippen molar-refractivity contribution in [3.05, 3.63) is 48.0 Å². The minimum Gasteiger partial charge on any atom is -0.271 e. The Kier molecular flexibility index (Phi) is 4.89. The van der Waals surface area contributed by atoms with Gasteiger partial charge in [-0.05, 0) is 22.8 Å². The number of hydrogen-bond donors (Lipinski definition) is 2. The van der Waals surface area contributed by atoms with Gasteiger partial charge in [-0.1, -0.05) is 42.5 Å². The molecule has 2 unspecified atom stereocenters. The Labute approximate surface area is 128 Å². The molecule has 2 aromatic rings. The second-order valence-electron chi connectivity index (χ2n) is 5.10. The van der Waals surface area contributed by atoms with Crippen LogP contribution in [0.15, 0.2) is 42.5 Å². The monoisotopic (exact) mass is 304 g/mol.